The standard InChI is InChI=1S/CH2P2S2/c4-2-1-3-5/h1H2/p+2. The van der Waals surface area contributed by atoms with Gasteiger partial charge < -0.3 is 0 Å². The van der Waals surface area contributed by atoms with Gasteiger partial charge in [0.05, 0.1) is 0 Å². The van der Waals surface area contributed by atoms with Crippen LogP contribution in [0.15, 0.2) is 0 Å². The molecule has 2 atom stereocenters. The Morgan fingerprint density at radius 2 is 1.60 bits per heavy atom. The third-order valence-corrected chi connectivity index (χ3v) is 3.90. The number of hydrogen-bond acceptors (Lipinski definition) is 2. The van der Waals surface area contributed by atoms with Crippen LogP contribution in [0.2, 0.25) is 0 Å². The second-order valence-corrected chi connectivity index (χ2v) is 4.19. The van der Waals surface area contributed by atoms with Gasteiger partial charge in [-0.2, -0.15) is 0 Å². The first-order valence-corrected chi connectivity index (χ1v) is 5.80. The van der Waals surface area contributed by atoms with Crippen LogP contribution in [-0.2, 0) is 23.6 Å². The van der Waals surface area contributed by atoms with Crippen LogP contribution >= 0.6 is 14.7 Å². The predicted octanol–water partition coefficient (Wildman–Crippen LogP) is 1.22. The summed E-state index contributed by atoms with van der Waals surface area (Å²) in [7, 11) is 1.30. The predicted molar refractivity (Wildman–Crippen MR) is 36.2 cm³/mol. The van der Waals surface area contributed by atoms with Gasteiger partial charge in [-0.05, 0) is 0 Å². The van der Waals surface area contributed by atoms with Crippen LogP contribution in [0.3, 0.4) is 0 Å². The van der Waals surface area contributed by atoms with E-state index in [1.165, 1.54) is 0 Å². The summed E-state index contributed by atoms with van der Waals surface area (Å²) in [6.07, 6.45) is 0. The van der Waals surface area contributed by atoms with E-state index in [1.807, 2.05) is 0 Å². The van der Waals surface area contributed by atoms with E-state index in [0.717, 1.165) is 5.90 Å². The minimum Gasteiger partial charge on any atom is 0.161 e. The van der Waals surface area contributed by atoms with Gasteiger partial charge >= 0.3 is 0 Å². The summed E-state index contributed by atoms with van der Waals surface area (Å²) >= 11 is 9.24. The van der Waals surface area contributed by atoms with Gasteiger partial charge in [0.25, 0.3) is 5.90 Å². The number of rotatable bonds is 2. The maximum Gasteiger partial charge on any atom is 0.272 e. The van der Waals surface area contributed by atoms with E-state index in [9.17, 15) is 0 Å². The van der Waals surface area contributed by atoms with Crippen molar-refractivity contribution < 1.29 is 0 Å². The molecule has 0 spiro atoms. The molecule has 0 aliphatic rings. The van der Waals surface area contributed by atoms with E-state index < -0.39 is 0 Å². The van der Waals surface area contributed by atoms with Crippen LogP contribution in [-0.4, -0.2) is 5.90 Å². The van der Waals surface area contributed by atoms with Crippen molar-refractivity contribution in [1.29, 1.82) is 0 Å². The largest absolute Gasteiger partial charge is 0.272 e. The van der Waals surface area contributed by atoms with E-state index in [1.54, 1.807) is 0 Å². The summed E-state index contributed by atoms with van der Waals surface area (Å²) in [6.45, 7) is 0. The fraction of sp³-hybridized carbons (Fsp3) is 1.00. The van der Waals surface area contributed by atoms with Gasteiger partial charge in [-0.25, -0.2) is 0 Å². The molecule has 2 unspecified atom stereocenters. The molecule has 0 aliphatic carbocycles. The van der Waals surface area contributed by atoms with Gasteiger partial charge in [-0.15, -0.1) is 0 Å². The molecule has 0 aromatic carbocycles. The fourth-order valence-corrected chi connectivity index (χ4v) is 2.39. The van der Waals surface area contributed by atoms with Gasteiger partial charge in [-0.1, -0.05) is 0 Å². The lowest BCUT2D eigenvalue weighted by Crippen LogP contribution is -1.32. The van der Waals surface area contributed by atoms with Crippen molar-refractivity contribution in [2.24, 2.45) is 0 Å². The summed E-state index contributed by atoms with van der Waals surface area (Å²) in [6, 6.07) is 0. The summed E-state index contributed by atoms with van der Waals surface area (Å²) < 4.78 is 0. The van der Waals surface area contributed by atoms with Gasteiger partial charge in [-0.3, -0.25) is 0 Å². The SMILES string of the molecule is S=[PH+]C[PH+]=S. The molecule has 0 rings (SSSR count). The Morgan fingerprint density at radius 3 is 1.60 bits per heavy atom. The molecule has 0 N–H and O–H groups in total. The van der Waals surface area contributed by atoms with Gasteiger partial charge in [0.15, 0.2) is 23.6 Å². The summed E-state index contributed by atoms with van der Waals surface area (Å²) in [4.78, 5) is 0. The number of hydrogen-bond donors (Lipinski definition) is 0. The monoisotopic (exact) mass is 142 g/mol. The second-order valence-electron chi connectivity index (χ2n) is 0.465. The third-order valence-electron chi connectivity index (χ3n) is 0.144. The summed E-state index contributed by atoms with van der Waals surface area (Å²) in [5.74, 6) is 1.07. The van der Waals surface area contributed by atoms with Gasteiger partial charge in [0.2, 0.25) is 14.7 Å². The molecule has 0 saturated carbocycles. The molecular weight excluding hydrogens is 138 g/mol. The van der Waals surface area contributed by atoms with Crippen molar-refractivity contribution in [3.8, 4) is 0 Å². The second kappa shape index (κ2) is 5.04. The highest BCUT2D eigenvalue weighted by molar-refractivity contribution is 8.04. The first-order chi connectivity index (χ1) is 2.41. The van der Waals surface area contributed by atoms with E-state index >= 15 is 0 Å². The van der Waals surface area contributed by atoms with Crippen molar-refractivity contribution in [2.75, 3.05) is 5.90 Å². The average molecular weight is 142 g/mol. The van der Waals surface area contributed by atoms with E-state index in [-0.39, 0.29) is 0 Å². The third kappa shape index (κ3) is 5.04. The quantitative estimate of drug-likeness (QED) is 0.532. The van der Waals surface area contributed by atoms with Crippen molar-refractivity contribution in [1.82, 2.24) is 0 Å². The van der Waals surface area contributed by atoms with Gasteiger partial charge in [0, 0.05) is 0 Å². The summed E-state index contributed by atoms with van der Waals surface area (Å²) in [5, 5.41) is 0. The van der Waals surface area contributed by atoms with E-state index in [2.05, 4.69) is 23.6 Å². The van der Waals surface area contributed by atoms with Crippen LogP contribution in [0.1, 0.15) is 0 Å². The van der Waals surface area contributed by atoms with E-state index in [4.69, 9.17) is 0 Å². The smallest absolute Gasteiger partial charge is 0.161 e. The van der Waals surface area contributed by atoms with Gasteiger partial charge in [0.1, 0.15) is 0 Å². The normalized spacial score (nSPS) is 9.60. The van der Waals surface area contributed by atoms with Crippen molar-refractivity contribution in [2.45, 2.75) is 0 Å². The molecule has 0 fully saturated rings. The Morgan fingerprint density at radius 1 is 1.20 bits per heavy atom. The molecule has 5 heavy (non-hydrogen) atoms. The molecule has 0 aromatic heterocycles. The first-order valence-electron chi connectivity index (χ1n) is 1.12. The fourth-order valence-electron chi connectivity index (χ4n) is 0.0295. The van der Waals surface area contributed by atoms with Crippen molar-refractivity contribution in [3.05, 3.63) is 0 Å². The lowest BCUT2D eigenvalue weighted by Gasteiger charge is -1.35. The van der Waals surface area contributed by atoms with Crippen LogP contribution in [0, 0.1) is 0 Å². The average Bonchev–Trinajstić information content (AvgIpc) is 1.41. The van der Waals surface area contributed by atoms with Crippen LogP contribution in [0.4, 0.5) is 0 Å². The first kappa shape index (κ1) is 6.04. The minimum absolute atomic E-state index is 0.649. The molecule has 0 saturated heterocycles. The lowest BCUT2D eigenvalue weighted by atomic mass is 11.9. The maximum absolute atomic E-state index is 4.62. The van der Waals surface area contributed by atoms with Crippen LogP contribution in [0.5, 0.6) is 0 Å². The molecule has 0 aromatic rings. The Bertz CT molecular complexity index is 36.9. The topological polar surface area (TPSA) is 0 Å². The molecule has 0 aliphatic heterocycles. The lowest BCUT2D eigenvalue weighted by molar-refractivity contribution is 2.31. The molecule has 0 nitrogen and oxygen atoms in total. The van der Waals surface area contributed by atoms with Crippen LogP contribution in [0.25, 0.3) is 0 Å². The Kier molecular flexibility index (Phi) is 6.09. The highest BCUT2D eigenvalue weighted by Crippen LogP contribution is 2.01. The van der Waals surface area contributed by atoms with E-state index in [0.29, 0.717) is 14.7 Å². The zero-order chi connectivity index (χ0) is 4.12. The molecule has 0 amide bonds. The van der Waals surface area contributed by atoms with Crippen molar-refractivity contribution >= 4 is 38.3 Å². The molecule has 0 radical (unpaired) electrons. The van der Waals surface area contributed by atoms with Crippen molar-refractivity contribution in [3.63, 3.8) is 0 Å². The highest BCUT2D eigenvalue weighted by atomic mass is 32.4. The zero-order valence-electron chi connectivity index (χ0n) is 2.52. The maximum atomic E-state index is 4.62. The summed E-state index contributed by atoms with van der Waals surface area (Å²) in [5.41, 5.74) is 0. The Balaban J connectivity index is 2.65. The highest BCUT2D eigenvalue weighted by Gasteiger charge is 1.81. The van der Waals surface area contributed by atoms with Crippen LogP contribution < -0.4 is 0 Å². The Hall–Kier alpha value is 1.04. The molecular formula is CH4P2S2+2. The minimum atomic E-state index is 0.649. The zero-order valence-corrected chi connectivity index (χ0v) is 6.16. The Labute approximate surface area is 44.6 Å². The molecule has 0 bridgehead atoms. The molecule has 28 valence electrons. The molecule has 0 heterocycles. The molecule has 4 heteroatoms.